The topological polar surface area (TPSA) is 45.0 Å². The molecule has 3 nitrogen and oxygen atoms in total. The van der Waals surface area contributed by atoms with E-state index in [1.54, 1.807) is 7.11 Å². The van der Waals surface area contributed by atoms with Crippen LogP contribution in [0.2, 0.25) is 0 Å². The van der Waals surface area contributed by atoms with Crippen molar-refractivity contribution in [3.63, 3.8) is 0 Å². The third kappa shape index (κ3) is 4.27. The summed E-state index contributed by atoms with van der Waals surface area (Å²) in [5, 5.41) is 12.2. The van der Waals surface area contributed by atoms with Gasteiger partial charge in [0.05, 0.1) is 27.5 Å². The SMILES string of the molecule is COc1c(Br)cc(CNCC(C)(C)C#N)cc1Br. The molecule has 0 aliphatic heterocycles. The molecule has 0 radical (unpaired) electrons. The van der Waals surface area contributed by atoms with Crippen LogP contribution in [0.5, 0.6) is 5.75 Å². The molecule has 0 atom stereocenters. The number of nitrogens with zero attached hydrogens (tertiary/aromatic N) is 1. The van der Waals surface area contributed by atoms with Gasteiger partial charge in [-0.25, -0.2) is 0 Å². The maximum atomic E-state index is 8.93. The van der Waals surface area contributed by atoms with E-state index in [-0.39, 0.29) is 5.41 Å². The molecule has 0 aliphatic rings. The second kappa shape index (κ2) is 6.55. The zero-order valence-corrected chi connectivity index (χ0v) is 13.9. The first kappa shape index (κ1) is 15.5. The van der Waals surface area contributed by atoms with Crippen molar-refractivity contribution in [2.75, 3.05) is 13.7 Å². The highest BCUT2D eigenvalue weighted by Gasteiger charge is 2.15. The number of halogens is 2. The zero-order valence-electron chi connectivity index (χ0n) is 10.7. The van der Waals surface area contributed by atoms with Crippen LogP contribution in [0.25, 0.3) is 0 Å². The molecule has 0 bridgehead atoms. The Morgan fingerprint density at radius 3 is 2.33 bits per heavy atom. The second-order valence-electron chi connectivity index (χ2n) is 4.69. The Kier molecular flexibility index (Phi) is 5.64. The molecule has 1 aromatic carbocycles. The van der Waals surface area contributed by atoms with Gasteiger partial charge in [0.25, 0.3) is 0 Å². The minimum atomic E-state index is -0.346. The summed E-state index contributed by atoms with van der Waals surface area (Å²) in [5.41, 5.74) is 0.782. The molecule has 0 aromatic heterocycles. The van der Waals surface area contributed by atoms with Crippen LogP contribution >= 0.6 is 31.9 Å². The Balaban J connectivity index is 2.68. The van der Waals surface area contributed by atoms with Gasteiger partial charge in [0.15, 0.2) is 0 Å². The summed E-state index contributed by atoms with van der Waals surface area (Å²) < 4.78 is 7.08. The van der Waals surface area contributed by atoms with Crippen LogP contribution in [0, 0.1) is 16.7 Å². The van der Waals surface area contributed by atoms with Gasteiger partial charge in [-0.1, -0.05) is 0 Å². The largest absolute Gasteiger partial charge is 0.494 e. The summed E-state index contributed by atoms with van der Waals surface area (Å²) in [6, 6.07) is 6.29. The van der Waals surface area contributed by atoms with Gasteiger partial charge in [-0.05, 0) is 63.4 Å². The van der Waals surface area contributed by atoms with Gasteiger partial charge >= 0.3 is 0 Å². The minimum absolute atomic E-state index is 0.346. The van der Waals surface area contributed by atoms with E-state index in [9.17, 15) is 0 Å². The molecule has 5 heteroatoms. The van der Waals surface area contributed by atoms with Crippen LogP contribution in [0.15, 0.2) is 21.1 Å². The molecule has 0 aliphatic carbocycles. The number of ether oxygens (including phenoxy) is 1. The summed E-state index contributed by atoms with van der Waals surface area (Å²) >= 11 is 6.94. The summed E-state index contributed by atoms with van der Waals surface area (Å²) in [4.78, 5) is 0. The molecule has 1 aromatic rings. The fourth-order valence-corrected chi connectivity index (χ4v) is 3.07. The monoisotopic (exact) mass is 374 g/mol. The molecular formula is C13H16Br2N2O. The van der Waals surface area contributed by atoms with E-state index in [0.29, 0.717) is 13.1 Å². The molecule has 0 amide bonds. The summed E-state index contributed by atoms with van der Waals surface area (Å²) in [5.74, 6) is 0.788. The minimum Gasteiger partial charge on any atom is -0.494 e. The third-order valence-corrected chi connectivity index (χ3v) is 3.64. The summed E-state index contributed by atoms with van der Waals surface area (Å²) in [6.07, 6.45) is 0. The Morgan fingerprint density at radius 1 is 1.33 bits per heavy atom. The van der Waals surface area contributed by atoms with Gasteiger partial charge in [0.1, 0.15) is 5.75 Å². The third-order valence-electron chi connectivity index (χ3n) is 2.46. The number of nitriles is 1. The van der Waals surface area contributed by atoms with Crippen molar-refractivity contribution in [2.45, 2.75) is 20.4 Å². The molecule has 0 saturated heterocycles. The van der Waals surface area contributed by atoms with Gasteiger partial charge in [-0.3, -0.25) is 0 Å². The average Bonchev–Trinajstić information content (AvgIpc) is 2.28. The number of nitrogens with one attached hydrogen (secondary N) is 1. The van der Waals surface area contributed by atoms with Crippen molar-refractivity contribution in [1.29, 1.82) is 5.26 Å². The van der Waals surface area contributed by atoms with Crippen LogP contribution in [0.1, 0.15) is 19.4 Å². The Hall–Kier alpha value is -0.570. The Bertz CT molecular complexity index is 444. The molecule has 18 heavy (non-hydrogen) atoms. The maximum absolute atomic E-state index is 8.93. The van der Waals surface area contributed by atoms with Crippen LogP contribution < -0.4 is 10.1 Å². The van der Waals surface area contributed by atoms with Crippen molar-refractivity contribution < 1.29 is 4.74 Å². The van der Waals surface area contributed by atoms with E-state index in [4.69, 9.17) is 10.00 Å². The zero-order chi connectivity index (χ0) is 13.8. The lowest BCUT2D eigenvalue weighted by Crippen LogP contribution is -2.27. The molecule has 0 spiro atoms. The molecule has 98 valence electrons. The number of methoxy groups -OCH3 is 1. The van der Waals surface area contributed by atoms with E-state index >= 15 is 0 Å². The summed E-state index contributed by atoms with van der Waals surface area (Å²) in [6.45, 7) is 5.21. The standard InChI is InChI=1S/C13H16Br2N2O/c1-13(2,7-16)8-17-6-9-4-10(14)12(18-3)11(15)5-9/h4-5,17H,6,8H2,1-3H3. The Labute approximate surface area is 125 Å². The van der Waals surface area contributed by atoms with Crippen molar-refractivity contribution in [3.05, 3.63) is 26.6 Å². The Morgan fingerprint density at radius 2 is 1.89 bits per heavy atom. The average molecular weight is 376 g/mol. The highest BCUT2D eigenvalue weighted by Crippen LogP contribution is 2.34. The number of benzene rings is 1. The molecule has 1 rings (SSSR count). The molecular weight excluding hydrogens is 360 g/mol. The fourth-order valence-electron chi connectivity index (χ4n) is 1.47. The first-order chi connectivity index (χ1) is 8.39. The van der Waals surface area contributed by atoms with Crippen molar-refractivity contribution in [2.24, 2.45) is 5.41 Å². The predicted octanol–water partition coefficient (Wildman–Crippen LogP) is 3.86. The van der Waals surface area contributed by atoms with E-state index in [0.717, 1.165) is 20.3 Å². The van der Waals surface area contributed by atoms with Gasteiger partial charge < -0.3 is 10.1 Å². The van der Waals surface area contributed by atoms with Gasteiger partial charge in [-0.15, -0.1) is 0 Å². The molecule has 0 saturated carbocycles. The van der Waals surface area contributed by atoms with Crippen molar-refractivity contribution in [3.8, 4) is 11.8 Å². The lowest BCUT2D eigenvalue weighted by atomic mass is 9.96. The van der Waals surface area contributed by atoms with E-state index < -0.39 is 0 Å². The van der Waals surface area contributed by atoms with E-state index in [1.165, 1.54) is 0 Å². The predicted molar refractivity (Wildman–Crippen MR) is 79.5 cm³/mol. The molecule has 0 unspecified atom stereocenters. The first-order valence-electron chi connectivity index (χ1n) is 5.53. The molecule has 0 fully saturated rings. The quantitative estimate of drug-likeness (QED) is 0.849. The number of rotatable bonds is 5. The van der Waals surface area contributed by atoms with Crippen LogP contribution in [0.3, 0.4) is 0 Å². The number of hydrogen-bond acceptors (Lipinski definition) is 3. The highest BCUT2D eigenvalue weighted by atomic mass is 79.9. The van der Waals surface area contributed by atoms with Crippen molar-refractivity contribution >= 4 is 31.9 Å². The fraction of sp³-hybridized carbons (Fsp3) is 0.462. The highest BCUT2D eigenvalue weighted by molar-refractivity contribution is 9.11. The first-order valence-corrected chi connectivity index (χ1v) is 7.12. The normalized spacial score (nSPS) is 11.1. The van der Waals surface area contributed by atoms with Crippen LogP contribution in [0.4, 0.5) is 0 Å². The summed E-state index contributed by atoms with van der Waals surface area (Å²) in [7, 11) is 1.64. The van der Waals surface area contributed by atoms with Gasteiger partial charge in [0.2, 0.25) is 0 Å². The van der Waals surface area contributed by atoms with Gasteiger partial charge in [-0.2, -0.15) is 5.26 Å². The maximum Gasteiger partial charge on any atom is 0.147 e. The van der Waals surface area contributed by atoms with Crippen molar-refractivity contribution in [1.82, 2.24) is 5.32 Å². The smallest absolute Gasteiger partial charge is 0.147 e. The second-order valence-corrected chi connectivity index (χ2v) is 6.40. The molecule has 1 N–H and O–H groups in total. The van der Waals surface area contributed by atoms with Gasteiger partial charge in [0, 0.05) is 13.1 Å². The lowest BCUT2D eigenvalue weighted by Gasteiger charge is -2.16. The van der Waals surface area contributed by atoms with E-state index in [1.807, 2.05) is 26.0 Å². The van der Waals surface area contributed by atoms with Crippen LogP contribution in [-0.4, -0.2) is 13.7 Å². The molecule has 0 heterocycles. The number of hydrogen-bond donors (Lipinski definition) is 1. The van der Waals surface area contributed by atoms with Crippen LogP contribution in [-0.2, 0) is 6.54 Å². The lowest BCUT2D eigenvalue weighted by molar-refractivity contribution is 0.409. The van der Waals surface area contributed by atoms with E-state index in [2.05, 4.69) is 43.2 Å².